The molecule has 18 heavy (non-hydrogen) atoms. The summed E-state index contributed by atoms with van der Waals surface area (Å²) in [5.74, 6) is 2.23. The second kappa shape index (κ2) is 7.04. The van der Waals surface area contributed by atoms with Crippen molar-refractivity contribution in [2.75, 3.05) is 18.6 Å². The highest BCUT2D eigenvalue weighted by molar-refractivity contribution is 7.99. The monoisotopic (exact) mass is 268 g/mol. The van der Waals surface area contributed by atoms with Crippen LogP contribution in [-0.4, -0.2) is 35.4 Å². The molecule has 1 atom stereocenters. The molecule has 0 N–H and O–H groups in total. The molecule has 1 saturated carbocycles. The van der Waals surface area contributed by atoms with Crippen molar-refractivity contribution in [3.8, 4) is 6.07 Å². The third-order valence-corrected chi connectivity index (χ3v) is 4.88. The molecule has 1 aliphatic carbocycles. The standard InChI is InChI=1S/C14H24N2OS/c1-4-18-10-7-12(2)16(3)13(17)14(11-15)8-5-6-9-14/h12H,4-10H2,1-3H3/t12-/m0/s1. The molecule has 0 radical (unpaired) electrons. The lowest BCUT2D eigenvalue weighted by atomic mass is 9.86. The first-order chi connectivity index (χ1) is 8.57. The van der Waals surface area contributed by atoms with Crippen LogP contribution in [0, 0.1) is 16.7 Å². The molecule has 3 nitrogen and oxygen atoms in total. The van der Waals surface area contributed by atoms with E-state index in [1.807, 2.05) is 18.8 Å². The third-order valence-electron chi connectivity index (χ3n) is 3.95. The van der Waals surface area contributed by atoms with Crippen LogP contribution in [0.25, 0.3) is 0 Å². The number of carbonyl (C=O) groups is 1. The van der Waals surface area contributed by atoms with Gasteiger partial charge >= 0.3 is 0 Å². The first kappa shape index (κ1) is 15.4. The van der Waals surface area contributed by atoms with E-state index in [0.29, 0.717) is 0 Å². The van der Waals surface area contributed by atoms with Crippen molar-refractivity contribution in [2.24, 2.45) is 5.41 Å². The highest BCUT2D eigenvalue weighted by atomic mass is 32.2. The summed E-state index contributed by atoms with van der Waals surface area (Å²) in [7, 11) is 1.85. The molecule has 1 fully saturated rings. The molecule has 1 rings (SSSR count). The van der Waals surface area contributed by atoms with Gasteiger partial charge in [-0.2, -0.15) is 17.0 Å². The summed E-state index contributed by atoms with van der Waals surface area (Å²) in [6, 6.07) is 2.51. The Labute approximate surface area is 115 Å². The average Bonchev–Trinajstić information content (AvgIpc) is 2.87. The number of amides is 1. The van der Waals surface area contributed by atoms with Crippen molar-refractivity contribution >= 4 is 17.7 Å². The zero-order valence-electron chi connectivity index (χ0n) is 11.7. The van der Waals surface area contributed by atoms with E-state index >= 15 is 0 Å². The Morgan fingerprint density at radius 2 is 2.11 bits per heavy atom. The quantitative estimate of drug-likeness (QED) is 0.695. The fraction of sp³-hybridized carbons (Fsp3) is 0.857. The van der Waals surface area contributed by atoms with Crippen molar-refractivity contribution < 1.29 is 4.79 Å². The molecule has 4 heteroatoms. The minimum Gasteiger partial charge on any atom is -0.342 e. The fourth-order valence-corrected chi connectivity index (χ4v) is 3.28. The minimum atomic E-state index is -0.721. The maximum absolute atomic E-state index is 12.5. The predicted molar refractivity (Wildman–Crippen MR) is 76.4 cm³/mol. The molecule has 102 valence electrons. The molecule has 0 unspecified atom stereocenters. The molecule has 1 amide bonds. The molecule has 0 aromatic rings. The second-order valence-corrected chi connectivity index (χ2v) is 6.55. The van der Waals surface area contributed by atoms with Gasteiger partial charge in [-0.1, -0.05) is 19.8 Å². The van der Waals surface area contributed by atoms with E-state index in [0.717, 1.165) is 43.6 Å². The maximum Gasteiger partial charge on any atom is 0.243 e. The van der Waals surface area contributed by atoms with Crippen LogP contribution in [0.5, 0.6) is 0 Å². The van der Waals surface area contributed by atoms with E-state index < -0.39 is 5.41 Å². The first-order valence-corrected chi connectivity index (χ1v) is 7.99. The van der Waals surface area contributed by atoms with Crippen molar-refractivity contribution in [1.29, 1.82) is 5.26 Å². The zero-order valence-corrected chi connectivity index (χ0v) is 12.6. The van der Waals surface area contributed by atoms with Gasteiger partial charge < -0.3 is 4.90 Å². The van der Waals surface area contributed by atoms with E-state index in [2.05, 4.69) is 19.9 Å². The largest absolute Gasteiger partial charge is 0.342 e. The molecular formula is C14H24N2OS. The topological polar surface area (TPSA) is 44.1 Å². The molecule has 0 aromatic heterocycles. The summed E-state index contributed by atoms with van der Waals surface area (Å²) in [6.45, 7) is 4.22. The van der Waals surface area contributed by atoms with Gasteiger partial charge in [0.15, 0.2) is 0 Å². The SMILES string of the molecule is CCSCC[C@H](C)N(C)C(=O)C1(C#N)CCCC1. The van der Waals surface area contributed by atoms with Gasteiger partial charge in [0.1, 0.15) is 5.41 Å². The lowest BCUT2D eigenvalue weighted by Crippen LogP contribution is -2.44. The number of hydrogen-bond acceptors (Lipinski definition) is 3. The Balaban J connectivity index is 2.57. The Bertz CT molecular complexity index is 318. The Morgan fingerprint density at radius 1 is 1.50 bits per heavy atom. The highest BCUT2D eigenvalue weighted by Gasteiger charge is 2.43. The van der Waals surface area contributed by atoms with E-state index in [4.69, 9.17) is 0 Å². The number of rotatable bonds is 6. The summed E-state index contributed by atoms with van der Waals surface area (Å²) in [6.07, 6.45) is 4.49. The molecule has 0 aliphatic heterocycles. The van der Waals surface area contributed by atoms with Crippen molar-refractivity contribution in [3.63, 3.8) is 0 Å². The lowest BCUT2D eigenvalue weighted by Gasteiger charge is -2.31. The molecular weight excluding hydrogens is 244 g/mol. The summed E-state index contributed by atoms with van der Waals surface area (Å²) in [5.41, 5.74) is -0.721. The molecule has 0 bridgehead atoms. The number of nitrogens with zero attached hydrogens (tertiary/aromatic N) is 2. The van der Waals surface area contributed by atoms with Gasteiger partial charge in [0.2, 0.25) is 5.91 Å². The van der Waals surface area contributed by atoms with Gasteiger partial charge in [0.05, 0.1) is 6.07 Å². The van der Waals surface area contributed by atoms with Gasteiger partial charge in [-0.05, 0) is 37.7 Å². The van der Waals surface area contributed by atoms with Crippen molar-refractivity contribution in [3.05, 3.63) is 0 Å². The summed E-state index contributed by atoms with van der Waals surface area (Å²) < 4.78 is 0. The van der Waals surface area contributed by atoms with Crippen LogP contribution >= 0.6 is 11.8 Å². The van der Waals surface area contributed by atoms with Crippen LogP contribution in [0.15, 0.2) is 0 Å². The summed E-state index contributed by atoms with van der Waals surface area (Å²) in [4.78, 5) is 14.3. The van der Waals surface area contributed by atoms with Gasteiger partial charge in [-0.25, -0.2) is 0 Å². The van der Waals surface area contributed by atoms with Gasteiger partial charge in [0, 0.05) is 13.1 Å². The number of nitriles is 1. The first-order valence-electron chi connectivity index (χ1n) is 6.83. The van der Waals surface area contributed by atoms with Crippen LogP contribution in [0.3, 0.4) is 0 Å². The smallest absolute Gasteiger partial charge is 0.243 e. The molecule has 0 spiro atoms. The lowest BCUT2D eigenvalue weighted by molar-refractivity contribution is -0.139. The normalized spacial score (nSPS) is 19.2. The van der Waals surface area contributed by atoms with Gasteiger partial charge in [-0.15, -0.1) is 0 Å². The van der Waals surface area contributed by atoms with Crippen LogP contribution < -0.4 is 0 Å². The Kier molecular flexibility index (Phi) is 6.01. The van der Waals surface area contributed by atoms with E-state index in [1.54, 1.807) is 4.90 Å². The third kappa shape index (κ3) is 3.41. The molecule has 1 aliphatic rings. The van der Waals surface area contributed by atoms with E-state index in [-0.39, 0.29) is 11.9 Å². The second-order valence-electron chi connectivity index (χ2n) is 5.15. The van der Waals surface area contributed by atoms with Crippen LogP contribution in [0.2, 0.25) is 0 Å². The van der Waals surface area contributed by atoms with Crippen molar-refractivity contribution in [1.82, 2.24) is 4.90 Å². The van der Waals surface area contributed by atoms with Gasteiger partial charge in [0.25, 0.3) is 0 Å². The van der Waals surface area contributed by atoms with Crippen molar-refractivity contribution in [2.45, 2.75) is 52.0 Å². The van der Waals surface area contributed by atoms with E-state index in [9.17, 15) is 10.1 Å². The molecule has 0 aromatic carbocycles. The predicted octanol–water partition coefficient (Wildman–Crippen LogP) is 3.06. The fourth-order valence-electron chi connectivity index (χ4n) is 2.48. The highest BCUT2D eigenvalue weighted by Crippen LogP contribution is 2.39. The Morgan fingerprint density at radius 3 is 2.61 bits per heavy atom. The molecule has 0 saturated heterocycles. The summed E-state index contributed by atoms with van der Waals surface area (Å²) in [5, 5.41) is 9.33. The van der Waals surface area contributed by atoms with Crippen LogP contribution in [0.4, 0.5) is 0 Å². The van der Waals surface area contributed by atoms with Crippen LogP contribution in [-0.2, 0) is 4.79 Å². The zero-order chi connectivity index (χ0) is 13.6. The van der Waals surface area contributed by atoms with Gasteiger partial charge in [-0.3, -0.25) is 4.79 Å². The number of thioether (sulfide) groups is 1. The average molecular weight is 268 g/mol. The maximum atomic E-state index is 12.5. The van der Waals surface area contributed by atoms with Crippen LogP contribution in [0.1, 0.15) is 46.0 Å². The Hall–Kier alpha value is -0.690. The van der Waals surface area contributed by atoms with E-state index in [1.165, 1.54) is 0 Å². The number of hydrogen-bond donors (Lipinski definition) is 0. The minimum absolute atomic E-state index is 0.0384. The molecule has 0 heterocycles. The summed E-state index contributed by atoms with van der Waals surface area (Å²) >= 11 is 1.90. The number of carbonyl (C=O) groups excluding carboxylic acids is 1.